The Morgan fingerprint density at radius 1 is 1.12 bits per heavy atom. The van der Waals surface area contributed by atoms with E-state index in [1.165, 1.54) is 5.56 Å². The molecule has 4 rings (SSSR count). The number of thioether (sulfide) groups is 1. The van der Waals surface area contributed by atoms with E-state index >= 15 is 0 Å². The van der Waals surface area contributed by atoms with Crippen LogP contribution in [0, 0.1) is 6.92 Å². The third kappa shape index (κ3) is 5.19. The van der Waals surface area contributed by atoms with Crippen LogP contribution < -0.4 is 4.90 Å². The normalized spacial score (nSPS) is 13.9. The van der Waals surface area contributed by atoms with Crippen molar-refractivity contribution in [1.29, 1.82) is 0 Å². The van der Waals surface area contributed by atoms with Crippen LogP contribution in [-0.4, -0.2) is 62.5 Å². The van der Waals surface area contributed by atoms with E-state index in [-0.39, 0.29) is 5.91 Å². The zero-order valence-electron chi connectivity index (χ0n) is 18.4. The van der Waals surface area contributed by atoms with E-state index in [1.54, 1.807) is 18.0 Å². The first kappa shape index (κ1) is 22.1. The van der Waals surface area contributed by atoms with Gasteiger partial charge in [-0.3, -0.25) is 9.36 Å². The van der Waals surface area contributed by atoms with Gasteiger partial charge in [0.25, 0.3) is 0 Å². The number of anilines is 1. The SMILES string of the molecule is C=CCn1c(SCCC(=O)N2CCN(c3ccccn3)CC2)nnc1-c1cccc(C)c1. The van der Waals surface area contributed by atoms with Crippen LogP contribution in [0.1, 0.15) is 12.0 Å². The predicted molar refractivity (Wildman–Crippen MR) is 129 cm³/mol. The topological polar surface area (TPSA) is 67.2 Å². The zero-order chi connectivity index (χ0) is 22.3. The van der Waals surface area contributed by atoms with Gasteiger partial charge in [-0.1, -0.05) is 47.7 Å². The fraction of sp³-hybridized carbons (Fsp3) is 0.333. The van der Waals surface area contributed by atoms with Crippen LogP contribution in [-0.2, 0) is 11.3 Å². The van der Waals surface area contributed by atoms with E-state index in [2.05, 4.69) is 50.3 Å². The average molecular weight is 449 g/mol. The molecule has 1 fully saturated rings. The van der Waals surface area contributed by atoms with E-state index in [1.807, 2.05) is 41.3 Å². The summed E-state index contributed by atoms with van der Waals surface area (Å²) in [5.41, 5.74) is 2.21. The van der Waals surface area contributed by atoms with Crippen molar-refractivity contribution in [1.82, 2.24) is 24.6 Å². The van der Waals surface area contributed by atoms with Crippen LogP contribution in [0.25, 0.3) is 11.4 Å². The van der Waals surface area contributed by atoms with Gasteiger partial charge in [-0.15, -0.1) is 16.8 Å². The number of allylic oxidation sites excluding steroid dienone is 1. The molecule has 1 amide bonds. The van der Waals surface area contributed by atoms with Gasteiger partial charge in [0.15, 0.2) is 11.0 Å². The minimum absolute atomic E-state index is 0.187. The Labute approximate surface area is 193 Å². The summed E-state index contributed by atoms with van der Waals surface area (Å²) in [5, 5.41) is 9.61. The molecule has 1 aliphatic rings. The Balaban J connectivity index is 1.31. The van der Waals surface area contributed by atoms with Crippen molar-refractivity contribution in [3.63, 3.8) is 0 Å². The molecule has 7 nitrogen and oxygen atoms in total. The number of aryl methyl sites for hydroxylation is 1. The second-order valence-electron chi connectivity index (χ2n) is 7.73. The molecule has 0 N–H and O–H groups in total. The van der Waals surface area contributed by atoms with E-state index in [9.17, 15) is 4.79 Å². The fourth-order valence-electron chi connectivity index (χ4n) is 3.80. The van der Waals surface area contributed by atoms with E-state index in [0.29, 0.717) is 18.7 Å². The summed E-state index contributed by atoms with van der Waals surface area (Å²) in [4.78, 5) is 21.3. The minimum Gasteiger partial charge on any atom is -0.353 e. The summed E-state index contributed by atoms with van der Waals surface area (Å²) in [5.74, 6) is 2.66. The minimum atomic E-state index is 0.187. The van der Waals surface area contributed by atoms with Gasteiger partial charge < -0.3 is 9.80 Å². The van der Waals surface area contributed by atoms with Gasteiger partial charge >= 0.3 is 0 Å². The van der Waals surface area contributed by atoms with Crippen LogP contribution in [0.15, 0.2) is 66.5 Å². The van der Waals surface area contributed by atoms with E-state index in [0.717, 1.165) is 48.5 Å². The number of amides is 1. The third-order valence-electron chi connectivity index (χ3n) is 5.46. The highest BCUT2D eigenvalue weighted by molar-refractivity contribution is 7.99. The molecule has 0 spiro atoms. The predicted octanol–water partition coefficient (Wildman–Crippen LogP) is 3.67. The third-order valence-corrected chi connectivity index (χ3v) is 6.43. The summed E-state index contributed by atoms with van der Waals surface area (Å²) in [6, 6.07) is 14.2. The maximum atomic E-state index is 12.7. The second-order valence-corrected chi connectivity index (χ2v) is 8.79. The number of rotatable bonds is 8. The molecule has 166 valence electrons. The number of aromatic nitrogens is 4. The van der Waals surface area contributed by atoms with Gasteiger partial charge in [0, 0.05) is 56.7 Å². The Bertz CT molecular complexity index is 1060. The number of hydrogen-bond acceptors (Lipinski definition) is 6. The van der Waals surface area contributed by atoms with Crippen molar-refractivity contribution in [2.75, 3.05) is 36.8 Å². The van der Waals surface area contributed by atoms with Gasteiger partial charge in [0.2, 0.25) is 5.91 Å². The molecule has 1 saturated heterocycles. The number of piperazine rings is 1. The van der Waals surface area contributed by atoms with Gasteiger partial charge in [0.1, 0.15) is 5.82 Å². The summed E-state index contributed by atoms with van der Waals surface area (Å²) in [7, 11) is 0. The molecule has 32 heavy (non-hydrogen) atoms. The Hall–Kier alpha value is -3.13. The molecule has 1 aliphatic heterocycles. The van der Waals surface area contributed by atoms with Crippen LogP contribution >= 0.6 is 11.8 Å². The molecule has 1 aromatic carbocycles. The van der Waals surface area contributed by atoms with Gasteiger partial charge in [-0.2, -0.15) is 0 Å². The highest BCUT2D eigenvalue weighted by Gasteiger charge is 2.22. The van der Waals surface area contributed by atoms with Gasteiger partial charge in [-0.05, 0) is 25.1 Å². The smallest absolute Gasteiger partial charge is 0.223 e. The molecule has 3 heterocycles. The van der Waals surface area contributed by atoms with Gasteiger partial charge in [-0.25, -0.2) is 4.98 Å². The molecular weight excluding hydrogens is 420 g/mol. The summed E-state index contributed by atoms with van der Waals surface area (Å²) < 4.78 is 2.06. The monoisotopic (exact) mass is 448 g/mol. The van der Waals surface area contributed by atoms with Crippen molar-refractivity contribution >= 4 is 23.5 Å². The van der Waals surface area contributed by atoms with Crippen molar-refractivity contribution in [2.45, 2.75) is 25.0 Å². The van der Waals surface area contributed by atoms with Crippen molar-refractivity contribution in [2.24, 2.45) is 0 Å². The van der Waals surface area contributed by atoms with E-state index in [4.69, 9.17) is 0 Å². The van der Waals surface area contributed by atoms with Crippen LogP contribution in [0.5, 0.6) is 0 Å². The molecule has 0 bridgehead atoms. The molecule has 3 aromatic rings. The summed E-state index contributed by atoms with van der Waals surface area (Å²) in [6.07, 6.45) is 4.13. The first-order valence-corrected chi connectivity index (χ1v) is 11.8. The lowest BCUT2D eigenvalue weighted by Gasteiger charge is -2.35. The summed E-state index contributed by atoms with van der Waals surface area (Å²) >= 11 is 1.57. The molecule has 0 atom stereocenters. The second kappa shape index (κ2) is 10.5. The molecule has 0 aliphatic carbocycles. The molecule has 8 heteroatoms. The van der Waals surface area contributed by atoms with Gasteiger partial charge in [0.05, 0.1) is 0 Å². The van der Waals surface area contributed by atoms with E-state index < -0.39 is 0 Å². The fourth-order valence-corrected chi connectivity index (χ4v) is 4.68. The average Bonchev–Trinajstić information content (AvgIpc) is 3.22. The number of carbonyl (C=O) groups excluding carboxylic acids is 1. The molecule has 0 unspecified atom stereocenters. The number of nitrogens with zero attached hydrogens (tertiary/aromatic N) is 6. The quantitative estimate of drug-likeness (QED) is 0.387. The Kier molecular flexibility index (Phi) is 7.21. The standard InChI is InChI=1S/C24H28N6OS/c1-3-12-30-23(20-8-6-7-19(2)18-20)26-27-24(30)32-17-10-22(31)29-15-13-28(14-16-29)21-9-4-5-11-25-21/h3-9,11,18H,1,10,12-17H2,2H3. The first-order valence-electron chi connectivity index (χ1n) is 10.8. The molecular formula is C24H28N6OS. The number of carbonyl (C=O) groups is 1. The zero-order valence-corrected chi connectivity index (χ0v) is 19.2. The highest BCUT2D eigenvalue weighted by Crippen LogP contribution is 2.25. The summed E-state index contributed by atoms with van der Waals surface area (Å²) in [6.45, 7) is 9.63. The number of pyridine rings is 1. The molecule has 0 saturated carbocycles. The maximum absolute atomic E-state index is 12.7. The van der Waals surface area contributed by atoms with Crippen molar-refractivity contribution in [3.05, 3.63) is 66.9 Å². The number of benzene rings is 1. The first-order chi connectivity index (χ1) is 15.7. The molecule has 0 radical (unpaired) electrons. The lowest BCUT2D eigenvalue weighted by atomic mass is 10.1. The lowest BCUT2D eigenvalue weighted by molar-refractivity contribution is -0.131. The highest BCUT2D eigenvalue weighted by atomic mass is 32.2. The Morgan fingerprint density at radius 2 is 1.97 bits per heavy atom. The Morgan fingerprint density at radius 3 is 2.69 bits per heavy atom. The maximum Gasteiger partial charge on any atom is 0.223 e. The van der Waals surface area contributed by atoms with Crippen molar-refractivity contribution < 1.29 is 4.79 Å². The van der Waals surface area contributed by atoms with Crippen molar-refractivity contribution in [3.8, 4) is 11.4 Å². The number of hydrogen-bond donors (Lipinski definition) is 0. The molecule has 2 aromatic heterocycles. The van der Waals surface area contributed by atoms with Crippen LogP contribution in [0.4, 0.5) is 5.82 Å². The largest absolute Gasteiger partial charge is 0.353 e. The van der Waals surface area contributed by atoms with Crippen LogP contribution in [0.3, 0.4) is 0 Å². The lowest BCUT2D eigenvalue weighted by Crippen LogP contribution is -2.49. The van der Waals surface area contributed by atoms with Crippen LogP contribution in [0.2, 0.25) is 0 Å².